The lowest BCUT2D eigenvalue weighted by atomic mass is 9.99. The molecule has 192 valence electrons. The molecule has 0 aliphatic rings. The Balaban J connectivity index is 1.76. The van der Waals surface area contributed by atoms with Gasteiger partial charge in [-0.1, -0.05) is 65.7 Å². The lowest BCUT2D eigenvalue weighted by Gasteiger charge is -2.29. The number of aryl methyl sites for hydroxylation is 2. The maximum Gasteiger partial charge on any atom is 0.125 e. The molecule has 0 aliphatic carbocycles. The van der Waals surface area contributed by atoms with Crippen LogP contribution in [0.5, 0.6) is 5.75 Å². The first kappa shape index (κ1) is 27.3. The van der Waals surface area contributed by atoms with Crippen LogP contribution in [0.3, 0.4) is 0 Å². The predicted octanol–water partition coefficient (Wildman–Crippen LogP) is 6.94. The third-order valence-corrected chi connectivity index (χ3v) is 9.83. The molecule has 0 bridgehead atoms. The highest BCUT2D eigenvalue weighted by atomic mass is 32.2. The molecule has 0 saturated heterocycles. The van der Waals surface area contributed by atoms with E-state index in [2.05, 4.69) is 4.72 Å². The Hall–Kier alpha value is -2.71. The Morgan fingerprint density at radius 3 is 1.89 bits per heavy atom. The SMILES string of the molecule is COc1ccc([C@@H](N[S@@](=O)c2ccc(C)cc2)[C@@H](SC)c2ccccc2[S@@](=O)c2ccc(C)cc2)cc1. The Morgan fingerprint density at radius 2 is 1.32 bits per heavy atom. The Kier molecular flexibility index (Phi) is 9.38. The number of nitrogens with one attached hydrogen (secondary N) is 1. The van der Waals surface area contributed by atoms with Gasteiger partial charge in [-0.05, 0) is 73.7 Å². The molecule has 0 fully saturated rings. The van der Waals surface area contributed by atoms with Gasteiger partial charge < -0.3 is 4.74 Å². The van der Waals surface area contributed by atoms with Gasteiger partial charge in [0.25, 0.3) is 0 Å². The summed E-state index contributed by atoms with van der Waals surface area (Å²) in [6.07, 6.45) is 2.03. The number of methoxy groups -OCH3 is 1. The molecule has 1 N–H and O–H groups in total. The predicted molar refractivity (Wildman–Crippen MR) is 155 cm³/mol. The van der Waals surface area contributed by atoms with Gasteiger partial charge in [-0.3, -0.25) is 0 Å². The Bertz CT molecular complexity index is 1370. The second kappa shape index (κ2) is 12.7. The van der Waals surface area contributed by atoms with E-state index in [-0.39, 0.29) is 11.3 Å². The summed E-state index contributed by atoms with van der Waals surface area (Å²) >= 11 is 1.64. The van der Waals surface area contributed by atoms with E-state index in [1.54, 1.807) is 18.9 Å². The highest BCUT2D eigenvalue weighted by molar-refractivity contribution is 7.99. The van der Waals surface area contributed by atoms with Crippen molar-refractivity contribution < 1.29 is 13.2 Å². The van der Waals surface area contributed by atoms with Gasteiger partial charge in [0.1, 0.15) is 16.7 Å². The first-order chi connectivity index (χ1) is 17.9. The third kappa shape index (κ3) is 6.60. The monoisotopic (exact) mass is 549 g/mol. The van der Waals surface area contributed by atoms with Crippen LogP contribution in [0.15, 0.2) is 112 Å². The van der Waals surface area contributed by atoms with Crippen LogP contribution >= 0.6 is 11.8 Å². The number of ether oxygens (including phenoxy) is 1. The second-order valence-electron chi connectivity index (χ2n) is 8.73. The van der Waals surface area contributed by atoms with Gasteiger partial charge in [-0.2, -0.15) is 11.8 Å². The van der Waals surface area contributed by atoms with Crippen molar-refractivity contribution >= 4 is 33.5 Å². The molecule has 0 aliphatic heterocycles. The lowest BCUT2D eigenvalue weighted by molar-refractivity contribution is 0.414. The zero-order valence-corrected chi connectivity index (χ0v) is 23.8. The fraction of sp³-hybridized carbons (Fsp3) is 0.200. The Labute approximate surface area is 228 Å². The standard InChI is InChI=1S/C30H31NO3S3/c1-21-9-17-25(18-10-21)36(32)28-8-6-5-7-27(28)30(35-4)29(23-13-15-24(34-3)16-14-23)31-37(33)26-19-11-22(2)12-20-26/h5-20,29-31H,1-4H3/t29-,30+,36+,37+/m1/s1. The van der Waals surface area contributed by atoms with Gasteiger partial charge >= 0.3 is 0 Å². The molecular weight excluding hydrogens is 519 g/mol. The average molecular weight is 550 g/mol. The van der Waals surface area contributed by atoms with Crippen LogP contribution in [0.2, 0.25) is 0 Å². The van der Waals surface area contributed by atoms with Crippen molar-refractivity contribution in [3.63, 3.8) is 0 Å². The number of hydrogen-bond donors (Lipinski definition) is 1. The van der Waals surface area contributed by atoms with Gasteiger partial charge in [0.15, 0.2) is 0 Å². The van der Waals surface area contributed by atoms with Crippen LogP contribution in [-0.2, 0) is 21.8 Å². The molecule has 0 saturated carbocycles. The van der Waals surface area contributed by atoms with Crippen LogP contribution in [0.4, 0.5) is 0 Å². The highest BCUT2D eigenvalue weighted by Crippen LogP contribution is 2.42. The topological polar surface area (TPSA) is 55.4 Å². The summed E-state index contributed by atoms with van der Waals surface area (Å²) in [5, 5.41) is -0.159. The Morgan fingerprint density at radius 1 is 0.757 bits per heavy atom. The van der Waals surface area contributed by atoms with Crippen LogP contribution in [0.25, 0.3) is 0 Å². The first-order valence-electron chi connectivity index (χ1n) is 11.9. The maximum absolute atomic E-state index is 13.7. The molecule has 4 aromatic carbocycles. The summed E-state index contributed by atoms with van der Waals surface area (Å²) in [6, 6.07) is 30.8. The van der Waals surface area contributed by atoms with Gasteiger partial charge in [-0.15, -0.1) is 0 Å². The normalized spacial score (nSPS) is 14.5. The van der Waals surface area contributed by atoms with Crippen molar-refractivity contribution in [2.24, 2.45) is 0 Å². The fourth-order valence-corrected chi connectivity index (χ4v) is 7.47. The van der Waals surface area contributed by atoms with E-state index in [4.69, 9.17) is 4.74 Å². The summed E-state index contributed by atoms with van der Waals surface area (Å²) in [6.45, 7) is 4.03. The van der Waals surface area contributed by atoms with E-state index in [1.165, 1.54) is 0 Å². The molecule has 0 heterocycles. The highest BCUT2D eigenvalue weighted by Gasteiger charge is 2.29. The largest absolute Gasteiger partial charge is 0.497 e. The summed E-state index contributed by atoms with van der Waals surface area (Å²) in [5.74, 6) is 0.753. The molecule has 4 rings (SSSR count). The lowest BCUT2D eigenvalue weighted by Crippen LogP contribution is -2.28. The second-order valence-corrected chi connectivity index (χ2v) is 12.4. The molecule has 0 amide bonds. The van der Waals surface area contributed by atoms with E-state index < -0.39 is 21.8 Å². The molecule has 0 spiro atoms. The molecule has 0 unspecified atom stereocenters. The number of thioether (sulfide) groups is 1. The van der Waals surface area contributed by atoms with Crippen molar-refractivity contribution in [1.82, 2.24) is 4.72 Å². The van der Waals surface area contributed by atoms with Crippen molar-refractivity contribution in [3.8, 4) is 5.75 Å². The molecule has 7 heteroatoms. The molecule has 37 heavy (non-hydrogen) atoms. The van der Waals surface area contributed by atoms with Gasteiger partial charge in [-0.25, -0.2) is 13.1 Å². The third-order valence-electron chi connectivity index (χ3n) is 6.16. The van der Waals surface area contributed by atoms with Crippen molar-refractivity contribution in [3.05, 3.63) is 119 Å². The van der Waals surface area contributed by atoms with Crippen molar-refractivity contribution in [2.75, 3.05) is 13.4 Å². The summed E-state index contributed by atoms with van der Waals surface area (Å²) in [5.41, 5.74) is 4.15. The molecular formula is C30H31NO3S3. The minimum absolute atomic E-state index is 0.159. The van der Waals surface area contributed by atoms with Gasteiger partial charge in [0, 0.05) is 9.79 Å². The fourth-order valence-electron chi connectivity index (χ4n) is 4.08. The zero-order valence-electron chi connectivity index (χ0n) is 21.3. The van der Waals surface area contributed by atoms with Crippen LogP contribution < -0.4 is 9.46 Å². The molecule has 0 radical (unpaired) electrons. The number of hydrogen-bond acceptors (Lipinski definition) is 4. The van der Waals surface area contributed by atoms with E-state index in [0.29, 0.717) is 4.90 Å². The number of benzene rings is 4. The minimum atomic E-state index is -1.45. The van der Waals surface area contributed by atoms with E-state index in [1.807, 2.05) is 117 Å². The molecule has 4 atom stereocenters. The number of rotatable bonds is 10. The van der Waals surface area contributed by atoms with Crippen molar-refractivity contribution in [1.29, 1.82) is 0 Å². The van der Waals surface area contributed by atoms with E-state index >= 15 is 0 Å². The zero-order chi connectivity index (χ0) is 26.4. The maximum atomic E-state index is 13.7. The average Bonchev–Trinajstić information content (AvgIpc) is 2.93. The van der Waals surface area contributed by atoms with Crippen LogP contribution in [0.1, 0.15) is 33.5 Å². The first-order valence-corrected chi connectivity index (χ1v) is 15.5. The summed E-state index contributed by atoms with van der Waals surface area (Å²) in [7, 11) is -1.17. The summed E-state index contributed by atoms with van der Waals surface area (Å²) < 4.78 is 36.0. The quantitative estimate of drug-likeness (QED) is 0.233. The minimum Gasteiger partial charge on any atom is -0.497 e. The van der Waals surface area contributed by atoms with Crippen LogP contribution in [-0.4, -0.2) is 21.8 Å². The van der Waals surface area contributed by atoms with Gasteiger partial charge in [0.2, 0.25) is 0 Å². The molecule has 0 aromatic heterocycles. The summed E-state index contributed by atoms with van der Waals surface area (Å²) in [4.78, 5) is 2.22. The molecule has 4 nitrogen and oxygen atoms in total. The smallest absolute Gasteiger partial charge is 0.125 e. The van der Waals surface area contributed by atoms with E-state index in [0.717, 1.165) is 37.8 Å². The molecule has 4 aromatic rings. The van der Waals surface area contributed by atoms with Crippen molar-refractivity contribution in [2.45, 2.75) is 39.8 Å². The van der Waals surface area contributed by atoms with Gasteiger partial charge in [0.05, 0.1) is 34.1 Å². The van der Waals surface area contributed by atoms with E-state index in [9.17, 15) is 8.42 Å². The van der Waals surface area contributed by atoms with Crippen LogP contribution in [0, 0.1) is 13.8 Å².